The van der Waals surface area contributed by atoms with Gasteiger partial charge in [-0.05, 0) is 116 Å². The topological polar surface area (TPSA) is 161 Å². The lowest BCUT2D eigenvalue weighted by atomic mass is 9.93. The van der Waals surface area contributed by atoms with Crippen molar-refractivity contribution in [2.24, 2.45) is 11.7 Å². The van der Waals surface area contributed by atoms with E-state index in [-0.39, 0.29) is 28.9 Å². The van der Waals surface area contributed by atoms with Crippen molar-refractivity contribution < 1.29 is 19.1 Å². The van der Waals surface area contributed by atoms with Gasteiger partial charge in [0.25, 0.3) is 22.9 Å². The maximum Gasteiger partial charge on any atom is 0.306 e. The van der Waals surface area contributed by atoms with Crippen LogP contribution in [0.4, 0.5) is 0 Å². The minimum atomic E-state index is -0.445. The molecule has 0 unspecified atom stereocenters. The summed E-state index contributed by atoms with van der Waals surface area (Å²) in [4.78, 5) is 66.7. The van der Waals surface area contributed by atoms with E-state index in [0.29, 0.717) is 42.6 Å². The van der Waals surface area contributed by atoms with Gasteiger partial charge in [0.05, 0.1) is 22.2 Å². The molecule has 2 amide bonds. The highest BCUT2D eigenvalue weighted by Crippen LogP contribution is 2.24. The lowest BCUT2D eigenvalue weighted by Crippen LogP contribution is -2.41. The normalized spacial score (nSPS) is 15.9. The average Bonchev–Trinajstić information content (AvgIpc) is 3.16. The summed E-state index contributed by atoms with van der Waals surface area (Å²) in [6.45, 7) is 16.1. The first-order valence-electron chi connectivity index (χ1n) is 20.2. The predicted octanol–water partition coefficient (Wildman–Crippen LogP) is 4.21. The van der Waals surface area contributed by atoms with Crippen LogP contribution in [0.15, 0.2) is 58.1 Å². The van der Waals surface area contributed by atoms with Crippen molar-refractivity contribution in [3.05, 3.63) is 91.5 Å². The van der Waals surface area contributed by atoms with E-state index in [1.54, 1.807) is 23.2 Å². The van der Waals surface area contributed by atoms with Gasteiger partial charge < -0.3 is 40.0 Å². The second-order valence-corrected chi connectivity index (χ2v) is 16.5. The van der Waals surface area contributed by atoms with E-state index < -0.39 is 5.60 Å². The number of fused-ring (bicyclic) bond motifs is 2. The van der Waals surface area contributed by atoms with Gasteiger partial charge in [0.1, 0.15) is 5.60 Å². The Hall–Kier alpha value is -4.85. The number of aromatic nitrogens is 2. The van der Waals surface area contributed by atoms with Crippen LogP contribution in [-0.2, 0) is 22.6 Å². The van der Waals surface area contributed by atoms with Gasteiger partial charge in [-0.1, -0.05) is 24.3 Å². The van der Waals surface area contributed by atoms with Gasteiger partial charge >= 0.3 is 5.97 Å². The predicted molar refractivity (Wildman–Crippen MR) is 226 cm³/mol. The third kappa shape index (κ3) is 11.4. The number of amides is 2. The summed E-state index contributed by atoms with van der Waals surface area (Å²) in [5, 5.41) is 6.83. The van der Waals surface area contributed by atoms with Crippen LogP contribution in [0.25, 0.3) is 21.8 Å². The molecule has 13 heteroatoms. The maximum atomic E-state index is 12.9. The van der Waals surface area contributed by atoms with E-state index >= 15 is 0 Å². The molecule has 0 atom stereocenters. The van der Waals surface area contributed by atoms with Crippen molar-refractivity contribution in [2.75, 3.05) is 53.4 Å². The van der Waals surface area contributed by atoms with Crippen LogP contribution < -0.4 is 27.5 Å². The molecule has 2 aliphatic rings. The van der Waals surface area contributed by atoms with Crippen LogP contribution in [0.5, 0.6) is 0 Å². The Morgan fingerprint density at radius 3 is 1.51 bits per heavy atom. The van der Waals surface area contributed by atoms with Crippen molar-refractivity contribution in [2.45, 2.75) is 91.5 Å². The van der Waals surface area contributed by atoms with Crippen LogP contribution in [-0.4, -0.2) is 102 Å². The number of pyridine rings is 2. The Morgan fingerprint density at radius 1 is 0.684 bits per heavy atom. The zero-order chi connectivity index (χ0) is 41.4. The number of ether oxygens (including phenoxy) is 1. The lowest BCUT2D eigenvalue weighted by molar-refractivity contribution is -0.156. The van der Waals surface area contributed by atoms with Crippen molar-refractivity contribution in [1.82, 2.24) is 29.6 Å². The summed E-state index contributed by atoms with van der Waals surface area (Å²) in [7, 11) is 3.15. The van der Waals surface area contributed by atoms with Crippen LogP contribution in [0.1, 0.15) is 84.7 Å². The summed E-state index contributed by atoms with van der Waals surface area (Å²) in [6, 6.07) is 14.9. The van der Waals surface area contributed by atoms with Gasteiger partial charge in [0.2, 0.25) is 0 Å². The highest BCUT2D eigenvalue weighted by atomic mass is 16.6. The molecule has 2 aliphatic heterocycles. The fourth-order valence-corrected chi connectivity index (χ4v) is 7.78. The number of carbonyl (C=O) groups excluding carboxylic acids is 3. The molecular formula is C44H61N7O6. The molecular weight excluding hydrogens is 723 g/mol. The van der Waals surface area contributed by atoms with Gasteiger partial charge in [-0.2, -0.15) is 0 Å². The summed E-state index contributed by atoms with van der Waals surface area (Å²) in [5.74, 6) is -0.266. The molecule has 6 rings (SSSR count). The monoisotopic (exact) mass is 783 g/mol. The number of piperidine rings is 2. The Bertz CT molecular complexity index is 2190. The fourth-order valence-electron chi connectivity index (χ4n) is 7.78. The van der Waals surface area contributed by atoms with Crippen LogP contribution in [0, 0.1) is 19.8 Å². The minimum Gasteiger partial charge on any atom is -0.460 e. The first-order chi connectivity index (χ1) is 27.1. The number of esters is 1. The minimum absolute atomic E-state index is 0.124. The third-order valence-electron chi connectivity index (χ3n) is 11.0. The summed E-state index contributed by atoms with van der Waals surface area (Å²) in [6.07, 6.45) is 4.37. The van der Waals surface area contributed by atoms with Crippen molar-refractivity contribution in [3.63, 3.8) is 0 Å². The number of nitrogens with one attached hydrogen (secondary N) is 2. The van der Waals surface area contributed by atoms with Crippen molar-refractivity contribution >= 4 is 39.6 Å². The molecule has 57 heavy (non-hydrogen) atoms. The number of likely N-dealkylation sites (tertiary alicyclic amines) is 2. The van der Waals surface area contributed by atoms with E-state index in [1.165, 1.54) is 12.1 Å². The zero-order valence-corrected chi connectivity index (χ0v) is 34.8. The number of rotatable bonds is 10. The van der Waals surface area contributed by atoms with E-state index in [4.69, 9.17) is 10.5 Å². The van der Waals surface area contributed by atoms with E-state index in [0.717, 1.165) is 97.9 Å². The number of hydrogen-bond acceptors (Lipinski definition) is 9. The van der Waals surface area contributed by atoms with E-state index in [9.17, 15) is 24.0 Å². The van der Waals surface area contributed by atoms with Crippen molar-refractivity contribution in [1.29, 1.82) is 0 Å². The molecule has 4 N–H and O–H groups in total. The Balaban J connectivity index is 0.000000224. The lowest BCUT2D eigenvalue weighted by Gasteiger charge is -2.32. The third-order valence-corrected chi connectivity index (χ3v) is 11.0. The summed E-state index contributed by atoms with van der Waals surface area (Å²) < 4.78 is 9.00. The number of hydrogen-bond donors (Lipinski definition) is 3. The average molecular weight is 784 g/mol. The molecule has 308 valence electrons. The first-order valence-corrected chi connectivity index (χ1v) is 20.2. The molecule has 4 heterocycles. The fraction of sp³-hybridized carbons (Fsp3) is 0.523. The van der Waals surface area contributed by atoms with Gasteiger partial charge in [0, 0.05) is 75.6 Å². The largest absolute Gasteiger partial charge is 0.460 e. The second kappa shape index (κ2) is 19.1. The number of aryl methyl sites for hydroxylation is 2. The van der Waals surface area contributed by atoms with Crippen LogP contribution in [0.3, 0.4) is 0 Å². The SMILES string of the molecule is CNC(=O)c1cc(=O)n(CCN2CCC(CC(=O)OC(C)(C)C)CC2)c2cc(C)ccc12.CNC(=O)c1cc(=O)n(CCN2CCC(N)CC2)c2cc(C)ccc12. The molecule has 0 bridgehead atoms. The maximum absolute atomic E-state index is 12.9. The van der Waals surface area contributed by atoms with Gasteiger partial charge in [-0.25, -0.2) is 0 Å². The van der Waals surface area contributed by atoms with Crippen molar-refractivity contribution in [3.8, 4) is 0 Å². The number of nitrogens with two attached hydrogens (primary N) is 1. The summed E-state index contributed by atoms with van der Waals surface area (Å²) >= 11 is 0. The van der Waals surface area contributed by atoms with Gasteiger partial charge in [0.15, 0.2) is 0 Å². The standard InChI is InChI=1S/C25H35N3O4.C19H26N4O2/c1-17-6-7-19-20(24(31)26-5)16-22(29)28(21(19)14-17)13-12-27-10-8-18(9-11-27)15-23(30)32-25(2,3)4;1-13-3-4-15-16(19(25)21-2)12-18(24)23(17(15)11-13)10-9-22-7-5-14(20)6-8-22/h6-7,14,16,18H,8-13,15H2,1-5H3,(H,26,31);3-4,11-12,14H,5-10,20H2,1-2H3,(H,21,25). The Morgan fingerprint density at radius 2 is 1.11 bits per heavy atom. The van der Waals surface area contributed by atoms with Gasteiger partial charge in [-0.3, -0.25) is 24.0 Å². The number of benzene rings is 2. The molecule has 0 radical (unpaired) electrons. The highest BCUT2D eigenvalue weighted by molar-refractivity contribution is 6.07. The molecule has 2 fully saturated rings. The molecule has 2 aromatic heterocycles. The summed E-state index contributed by atoms with van der Waals surface area (Å²) in [5.41, 5.74) is 9.78. The molecule has 0 saturated carbocycles. The smallest absolute Gasteiger partial charge is 0.306 e. The Kier molecular flexibility index (Phi) is 14.5. The number of carbonyl (C=O) groups is 3. The van der Waals surface area contributed by atoms with Crippen LogP contribution in [0.2, 0.25) is 0 Å². The molecule has 13 nitrogen and oxygen atoms in total. The van der Waals surface area contributed by atoms with Gasteiger partial charge in [-0.15, -0.1) is 0 Å². The van der Waals surface area contributed by atoms with Crippen LogP contribution >= 0.6 is 0 Å². The van der Waals surface area contributed by atoms with E-state index in [1.807, 2.05) is 71.0 Å². The van der Waals surface area contributed by atoms with E-state index in [2.05, 4.69) is 20.4 Å². The Labute approximate surface area is 335 Å². The second-order valence-electron chi connectivity index (χ2n) is 16.5. The first kappa shape index (κ1) is 43.3. The quantitative estimate of drug-likeness (QED) is 0.200. The molecule has 0 aliphatic carbocycles. The highest BCUT2D eigenvalue weighted by Gasteiger charge is 2.25. The molecule has 2 saturated heterocycles. The molecule has 4 aromatic rings. The molecule has 2 aromatic carbocycles. The zero-order valence-electron chi connectivity index (χ0n) is 34.8. The number of nitrogens with zero attached hydrogens (tertiary/aromatic N) is 4. The molecule has 0 spiro atoms.